The average molecular weight is 249 g/mol. The fourth-order valence-corrected chi connectivity index (χ4v) is 2.29. The van der Waals surface area contributed by atoms with Crippen LogP contribution in [0, 0.1) is 6.04 Å². The first-order valence-corrected chi connectivity index (χ1v) is 6.52. The van der Waals surface area contributed by atoms with Crippen molar-refractivity contribution in [3.8, 4) is 11.3 Å². The predicted molar refractivity (Wildman–Crippen MR) is 73.3 cm³/mol. The monoisotopic (exact) mass is 249 g/mol. The highest BCUT2D eigenvalue weighted by molar-refractivity contribution is 5.76. The van der Waals surface area contributed by atoms with Gasteiger partial charge in [0.1, 0.15) is 0 Å². The van der Waals surface area contributed by atoms with E-state index in [1.807, 2.05) is 47.5 Å². The smallest absolute Gasteiger partial charge is 0.0924 e. The van der Waals surface area contributed by atoms with Gasteiger partial charge in [-0.3, -0.25) is 9.67 Å². The SMILES string of the molecule is c1ccc2nc(-c3cnn([C]4CCC4)c3)cnc2c1. The number of hydrogen-bond acceptors (Lipinski definition) is 3. The van der Waals surface area contributed by atoms with Gasteiger partial charge < -0.3 is 0 Å². The number of rotatable bonds is 2. The molecule has 4 heteroatoms. The van der Waals surface area contributed by atoms with Crippen molar-refractivity contribution in [3.63, 3.8) is 0 Å². The standard InChI is InChI=1S/C15H13N4/c1-2-7-14-13(6-1)16-9-15(18-14)11-8-17-19(10-11)12-4-3-5-12/h1-2,6-10H,3-5H2. The normalized spacial score (nSPS) is 15.6. The van der Waals surface area contributed by atoms with E-state index < -0.39 is 0 Å². The second-order valence-corrected chi connectivity index (χ2v) is 4.84. The molecule has 0 N–H and O–H groups in total. The summed E-state index contributed by atoms with van der Waals surface area (Å²) in [5.74, 6) is 0. The Balaban J connectivity index is 1.74. The summed E-state index contributed by atoms with van der Waals surface area (Å²) in [5.41, 5.74) is 3.75. The zero-order chi connectivity index (χ0) is 12.7. The summed E-state index contributed by atoms with van der Waals surface area (Å²) >= 11 is 0. The molecule has 0 spiro atoms. The van der Waals surface area contributed by atoms with Gasteiger partial charge in [-0.25, -0.2) is 4.98 Å². The summed E-state index contributed by atoms with van der Waals surface area (Å²) in [6.45, 7) is 0. The molecule has 0 saturated heterocycles. The van der Waals surface area contributed by atoms with E-state index in [0.717, 1.165) is 35.1 Å². The van der Waals surface area contributed by atoms with Gasteiger partial charge in [0, 0.05) is 11.8 Å². The maximum Gasteiger partial charge on any atom is 0.0924 e. The molecule has 1 aromatic carbocycles. The first-order valence-electron chi connectivity index (χ1n) is 6.52. The molecule has 2 heterocycles. The van der Waals surface area contributed by atoms with E-state index in [1.165, 1.54) is 12.5 Å². The van der Waals surface area contributed by atoms with Crippen molar-refractivity contribution in [1.29, 1.82) is 0 Å². The molecule has 0 unspecified atom stereocenters. The number of para-hydroxylation sites is 2. The second-order valence-electron chi connectivity index (χ2n) is 4.84. The summed E-state index contributed by atoms with van der Waals surface area (Å²) < 4.78 is 1.98. The Bertz CT molecular complexity index is 728. The van der Waals surface area contributed by atoms with Gasteiger partial charge in [-0.1, -0.05) is 12.1 Å². The highest BCUT2D eigenvalue weighted by atomic mass is 15.3. The van der Waals surface area contributed by atoms with Crippen LogP contribution in [0.1, 0.15) is 19.3 Å². The highest BCUT2D eigenvalue weighted by Gasteiger charge is 2.21. The van der Waals surface area contributed by atoms with E-state index in [2.05, 4.69) is 15.1 Å². The van der Waals surface area contributed by atoms with Gasteiger partial charge in [-0.2, -0.15) is 5.10 Å². The quantitative estimate of drug-likeness (QED) is 0.701. The van der Waals surface area contributed by atoms with Crippen molar-refractivity contribution in [2.45, 2.75) is 19.3 Å². The zero-order valence-corrected chi connectivity index (χ0v) is 10.5. The van der Waals surface area contributed by atoms with Crippen LogP contribution in [-0.2, 0) is 0 Å². The van der Waals surface area contributed by atoms with E-state index in [1.54, 1.807) is 0 Å². The van der Waals surface area contributed by atoms with Crippen LogP contribution in [0.4, 0.5) is 0 Å². The van der Waals surface area contributed by atoms with Crippen molar-refractivity contribution in [2.24, 2.45) is 0 Å². The lowest BCUT2D eigenvalue weighted by Crippen LogP contribution is -2.18. The third-order valence-corrected chi connectivity index (χ3v) is 3.58. The van der Waals surface area contributed by atoms with Crippen LogP contribution in [0.15, 0.2) is 42.9 Å². The van der Waals surface area contributed by atoms with Crippen LogP contribution in [0.25, 0.3) is 22.3 Å². The lowest BCUT2D eigenvalue weighted by molar-refractivity contribution is 0.454. The molecule has 0 amide bonds. The summed E-state index contributed by atoms with van der Waals surface area (Å²) in [6.07, 6.45) is 9.32. The van der Waals surface area contributed by atoms with Gasteiger partial charge in [-0.15, -0.1) is 0 Å². The lowest BCUT2D eigenvalue weighted by Gasteiger charge is -2.24. The van der Waals surface area contributed by atoms with Crippen molar-refractivity contribution in [2.75, 3.05) is 0 Å². The molecule has 19 heavy (non-hydrogen) atoms. The minimum Gasteiger partial charge on any atom is -0.263 e. The first kappa shape index (κ1) is 10.7. The minimum absolute atomic E-state index is 0.880. The van der Waals surface area contributed by atoms with Gasteiger partial charge in [0.05, 0.1) is 35.2 Å². The molecule has 1 saturated carbocycles. The maximum absolute atomic E-state index is 4.64. The maximum atomic E-state index is 4.64. The molecular formula is C15H13N4. The van der Waals surface area contributed by atoms with Crippen LogP contribution in [-0.4, -0.2) is 19.7 Å². The minimum atomic E-state index is 0.880. The van der Waals surface area contributed by atoms with Crippen molar-refractivity contribution in [3.05, 3.63) is 48.9 Å². The van der Waals surface area contributed by atoms with Crippen LogP contribution in [0.5, 0.6) is 0 Å². The van der Waals surface area contributed by atoms with Gasteiger partial charge in [0.2, 0.25) is 0 Å². The molecule has 0 aliphatic heterocycles. The van der Waals surface area contributed by atoms with Crippen LogP contribution in [0.3, 0.4) is 0 Å². The summed E-state index contributed by atoms with van der Waals surface area (Å²) in [4.78, 5) is 9.08. The Labute approximate surface area is 111 Å². The summed E-state index contributed by atoms with van der Waals surface area (Å²) in [5, 5.41) is 4.41. The molecule has 1 aliphatic carbocycles. The topological polar surface area (TPSA) is 43.6 Å². The molecule has 4 rings (SSSR count). The van der Waals surface area contributed by atoms with Crippen LogP contribution >= 0.6 is 0 Å². The van der Waals surface area contributed by atoms with Crippen molar-refractivity contribution < 1.29 is 0 Å². The van der Waals surface area contributed by atoms with Crippen molar-refractivity contribution >= 4 is 11.0 Å². The lowest BCUT2D eigenvalue weighted by atomic mass is 9.93. The van der Waals surface area contributed by atoms with Gasteiger partial charge in [-0.05, 0) is 31.4 Å². The molecule has 1 aliphatic rings. The molecule has 2 aromatic heterocycles. The molecule has 0 bridgehead atoms. The van der Waals surface area contributed by atoms with Gasteiger partial charge in [0.25, 0.3) is 0 Å². The fraction of sp³-hybridized carbons (Fsp3) is 0.200. The Morgan fingerprint density at radius 1 is 1.00 bits per heavy atom. The fourth-order valence-electron chi connectivity index (χ4n) is 2.29. The third kappa shape index (κ3) is 1.80. The number of aromatic nitrogens is 4. The average Bonchev–Trinajstić information content (AvgIpc) is 2.85. The second kappa shape index (κ2) is 4.16. The Hall–Kier alpha value is -2.23. The Morgan fingerprint density at radius 2 is 1.84 bits per heavy atom. The summed E-state index contributed by atoms with van der Waals surface area (Å²) in [7, 11) is 0. The van der Waals surface area contributed by atoms with E-state index in [0.29, 0.717) is 0 Å². The predicted octanol–water partition coefficient (Wildman–Crippen LogP) is 3.06. The molecular weight excluding hydrogens is 236 g/mol. The molecule has 0 atom stereocenters. The third-order valence-electron chi connectivity index (χ3n) is 3.58. The Kier molecular flexibility index (Phi) is 2.33. The summed E-state index contributed by atoms with van der Waals surface area (Å²) in [6, 6.07) is 9.30. The van der Waals surface area contributed by atoms with Crippen molar-refractivity contribution in [1.82, 2.24) is 19.7 Å². The van der Waals surface area contributed by atoms with Crippen LogP contribution < -0.4 is 0 Å². The van der Waals surface area contributed by atoms with E-state index in [-0.39, 0.29) is 0 Å². The molecule has 3 aromatic rings. The van der Waals surface area contributed by atoms with Crippen LogP contribution in [0.2, 0.25) is 0 Å². The molecule has 93 valence electrons. The van der Waals surface area contributed by atoms with E-state index in [4.69, 9.17) is 0 Å². The van der Waals surface area contributed by atoms with Gasteiger partial charge >= 0.3 is 0 Å². The largest absolute Gasteiger partial charge is 0.263 e. The number of hydrogen-bond donors (Lipinski definition) is 0. The highest BCUT2D eigenvalue weighted by Crippen LogP contribution is 2.31. The first-order chi connectivity index (χ1) is 9.40. The van der Waals surface area contributed by atoms with E-state index in [9.17, 15) is 0 Å². The molecule has 1 fully saturated rings. The number of nitrogens with zero attached hydrogens (tertiary/aromatic N) is 4. The Morgan fingerprint density at radius 3 is 2.63 bits per heavy atom. The zero-order valence-electron chi connectivity index (χ0n) is 10.5. The van der Waals surface area contributed by atoms with Gasteiger partial charge in [0.15, 0.2) is 0 Å². The van der Waals surface area contributed by atoms with E-state index >= 15 is 0 Å². The number of fused-ring (bicyclic) bond motifs is 1. The number of benzene rings is 1. The molecule has 4 nitrogen and oxygen atoms in total. The molecule has 1 radical (unpaired) electrons.